The van der Waals surface area contributed by atoms with E-state index in [0.29, 0.717) is 5.75 Å². The number of aliphatic hydroxyl groups is 1. The maximum absolute atomic E-state index is 11.7. The van der Waals surface area contributed by atoms with Gasteiger partial charge in [0, 0.05) is 0 Å². The quantitative estimate of drug-likeness (QED) is 0.767. The number of para-hydroxylation sites is 1. The Labute approximate surface area is 83.0 Å². The summed E-state index contributed by atoms with van der Waals surface area (Å²) in [5, 5.41) is 8.86. The minimum atomic E-state index is -3.37. The minimum absolute atomic E-state index is 0.241. The Bertz CT molecular complexity index is 312. The van der Waals surface area contributed by atoms with Gasteiger partial charge in [-0.2, -0.15) is 0 Å². The van der Waals surface area contributed by atoms with Gasteiger partial charge in [0.15, 0.2) is 6.35 Å². The normalized spacial score (nSPS) is 14.7. The molecular formula is C9H13O4P. The first-order chi connectivity index (χ1) is 6.70. The maximum Gasteiger partial charge on any atom is 0.404 e. The molecule has 0 aliphatic rings. The monoisotopic (exact) mass is 216 g/mol. The molecule has 0 spiro atoms. The van der Waals surface area contributed by atoms with Crippen LogP contribution in [-0.4, -0.2) is 18.1 Å². The molecule has 1 atom stereocenters. The average Bonchev–Trinajstić information content (AvgIpc) is 2.20. The van der Waals surface area contributed by atoms with Gasteiger partial charge in [0.05, 0.1) is 6.61 Å². The number of aliphatic hydroxyl groups excluding tert-OH is 1. The van der Waals surface area contributed by atoms with Crippen molar-refractivity contribution >= 4 is 7.60 Å². The van der Waals surface area contributed by atoms with Crippen LogP contribution in [-0.2, 0) is 9.09 Å². The van der Waals surface area contributed by atoms with E-state index in [-0.39, 0.29) is 6.61 Å². The first-order valence-electron chi connectivity index (χ1n) is 4.29. The highest BCUT2D eigenvalue weighted by Gasteiger charge is 2.23. The van der Waals surface area contributed by atoms with E-state index >= 15 is 0 Å². The lowest BCUT2D eigenvalue weighted by Gasteiger charge is -2.15. The van der Waals surface area contributed by atoms with E-state index in [0.717, 1.165) is 0 Å². The van der Waals surface area contributed by atoms with Gasteiger partial charge in [-0.1, -0.05) is 18.2 Å². The first kappa shape index (κ1) is 11.2. The second-order valence-corrected chi connectivity index (χ2v) is 4.52. The lowest BCUT2D eigenvalue weighted by Crippen LogP contribution is -2.01. The Morgan fingerprint density at radius 1 is 1.36 bits per heavy atom. The van der Waals surface area contributed by atoms with Crippen molar-refractivity contribution in [3.05, 3.63) is 30.3 Å². The zero-order valence-corrected chi connectivity index (χ0v) is 8.81. The number of benzene rings is 1. The summed E-state index contributed by atoms with van der Waals surface area (Å²) in [5.74, 6) is 0.429. The van der Waals surface area contributed by atoms with Crippen LogP contribution in [0.1, 0.15) is 6.92 Å². The third kappa shape index (κ3) is 3.14. The van der Waals surface area contributed by atoms with Crippen LogP contribution in [0.15, 0.2) is 30.3 Å². The van der Waals surface area contributed by atoms with Crippen molar-refractivity contribution in [3.8, 4) is 5.75 Å². The molecular weight excluding hydrogens is 203 g/mol. The van der Waals surface area contributed by atoms with Crippen LogP contribution >= 0.6 is 7.60 Å². The first-order valence-corrected chi connectivity index (χ1v) is 6.02. The van der Waals surface area contributed by atoms with Crippen molar-refractivity contribution in [1.29, 1.82) is 0 Å². The van der Waals surface area contributed by atoms with Gasteiger partial charge in [0.1, 0.15) is 5.75 Å². The van der Waals surface area contributed by atoms with E-state index in [1.807, 2.05) is 6.07 Å². The van der Waals surface area contributed by atoms with Crippen molar-refractivity contribution in [3.63, 3.8) is 0 Å². The second kappa shape index (κ2) is 5.15. The lowest BCUT2D eigenvalue weighted by atomic mass is 10.3. The van der Waals surface area contributed by atoms with E-state index in [2.05, 4.69) is 0 Å². The molecule has 1 aromatic carbocycles. The molecule has 5 heteroatoms. The molecule has 1 rings (SSSR count). The van der Waals surface area contributed by atoms with Crippen LogP contribution in [0, 0.1) is 0 Å². The average molecular weight is 216 g/mol. The minimum Gasteiger partial charge on any atom is -0.423 e. The summed E-state index contributed by atoms with van der Waals surface area (Å²) in [6.07, 6.45) is -0.615. The van der Waals surface area contributed by atoms with Gasteiger partial charge < -0.3 is 9.63 Å². The zero-order valence-electron chi connectivity index (χ0n) is 7.92. The molecule has 1 N–H and O–H groups in total. The predicted octanol–water partition coefficient (Wildman–Crippen LogP) is 2.24. The molecule has 0 amide bonds. The van der Waals surface area contributed by atoms with E-state index in [1.165, 1.54) is 0 Å². The molecule has 0 aliphatic heterocycles. The van der Waals surface area contributed by atoms with E-state index < -0.39 is 13.9 Å². The van der Waals surface area contributed by atoms with Crippen LogP contribution in [0.4, 0.5) is 0 Å². The molecule has 0 aliphatic carbocycles. The molecule has 0 saturated carbocycles. The van der Waals surface area contributed by atoms with Gasteiger partial charge in [0.25, 0.3) is 0 Å². The van der Waals surface area contributed by atoms with E-state index in [4.69, 9.17) is 14.2 Å². The highest BCUT2D eigenvalue weighted by atomic mass is 31.2. The fourth-order valence-corrected chi connectivity index (χ4v) is 1.96. The van der Waals surface area contributed by atoms with Crippen LogP contribution in [0.3, 0.4) is 0 Å². The van der Waals surface area contributed by atoms with E-state index in [1.54, 1.807) is 31.2 Å². The third-order valence-corrected chi connectivity index (χ3v) is 2.97. The van der Waals surface area contributed by atoms with Gasteiger partial charge >= 0.3 is 7.60 Å². The predicted molar refractivity (Wildman–Crippen MR) is 53.4 cm³/mol. The molecule has 78 valence electrons. The van der Waals surface area contributed by atoms with Gasteiger partial charge in [-0.3, -0.25) is 4.52 Å². The molecule has 1 unspecified atom stereocenters. The molecule has 0 aromatic heterocycles. The zero-order chi connectivity index (χ0) is 10.4. The standard InChI is InChI=1S/C9H13O4P/c1-2-12-14(11,8-10)13-9-6-4-3-5-7-9/h3-7,10H,2,8H2,1H3. The fourth-order valence-electron chi connectivity index (χ4n) is 0.935. The summed E-state index contributed by atoms with van der Waals surface area (Å²) in [6, 6.07) is 8.63. The number of rotatable bonds is 5. The molecule has 0 bridgehead atoms. The smallest absolute Gasteiger partial charge is 0.404 e. The second-order valence-electron chi connectivity index (χ2n) is 2.57. The van der Waals surface area contributed by atoms with Gasteiger partial charge in [0.2, 0.25) is 0 Å². The van der Waals surface area contributed by atoms with Crippen LogP contribution in [0.2, 0.25) is 0 Å². The topological polar surface area (TPSA) is 55.8 Å². The van der Waals surface area contributed by atoms with Crippen LogP contribution in [0.25, 0.3) is 0 Å². The molecule has 1 aromatic rings. The van der Waals surface area contributed by atoms with Crippen molar-refractivity contribution < 1.29 is 18.7 Å². The number of hydrogen-bond acceptors (Lipinski definition) is 4. The summed E-state index contributed by atoms with van der Waals surface area (Å²) in [6.45, 7) is 1.93. The van der Waals surface area contributed by atoms with Gasteiger partial charge in [-0.25, -0.2) is 4.57 Å². The molecule has 14 heavy (non-hydrogen) atoms. The summed E-state index contributed by atoms with van der Waals surface area (Å²) < 4.78 is 21.6. The maximum atomic E-state index is 11.7. The summed E-state index contributed by atoms with van der Waals surface area (Å²) in [5.41, 5.74) is 0. The van der Waals surface area contributed by atoms with Crippen LogP contribution < -0.4 is 4.52 Å². The lowest BCUT2D eigenvalue weighted by molar-refractivity contribution is 0.238. The van der Waals surface area contributed by atoms with Crippen molar-refractivity contribution in [1.82, 2.24) is 0 Å². The summed E-state index contributed by atoms with van der Waals surface area (Å²) in [4.78, 5) is 0. The molecule has 0 radical (unpaired) electrons. The van der Waals surface area contributed by atoms with Gasteiger partial charge in [-0.15, -0.1) is 0 Å². The Balaban J connectivity index is 2.71. The van der Waals surface area contributed by atoms with Crippen molar-refractivity contribution in [2.75, 3.05) is 13.0 Å². The SMILES string of the molecule is CCOP(=O)(CO)Oc1ccccc1. The number of hydrogen-bond donors (Lipinski definition) is 1. The summed E-state index contributed by atoms with van der Waals surface area (Å²) >= 11 is 0. The Morgan fingerprint density at radius 3 is 2.50 bits per heavy atom. The molecule has 4 nitrogen and oxygen atoms in total. The van der Waals surface area contributed by atoms with Crippen molar-refractivity contribution in [2.45, 2.75) is 6.92 Å². The highest BCUT2D eigenvalue weighted by Crippen LogP contribution is 2.46. The fraction of sp³-hybridized carbons (Fsp3) is 0.333. The van der Waals surface area contributed by atoms with Crippen molar-refractivity contribution in [2.24, 2.45) is 0 Å². The van der Waals surface area contributed by atoms with Crippen LogP contribution in [0.5, 0.6) is 5.75 Å². The summed E-state index contributed by atoms with van der Waals surface area (Å²) in [7, 11) is -3.37. The molecule has 0 fully saturated rings. The van der Waals surface area contributed by atoms with Gasteiger partial charge in [-0.05, 0) is 19.1 Å². The Kier molecular flexibility index (Phi) is 4.14. The molecule has 0 heterocycles. The Hall–Kier alpha value is -0.830. The Morgan fingerprint density at radius 2 is 2.00 bits per heavy atom. The largest absolute Gasteiger partial charge is 0.423 e. The third-order valence-electron chi connectivity index (χ3n) is 1.49. The molecule has 0 saturated heterocycles. The highest BCUT2D eigenvalue weighted by molar-refractivity contribution is 7.54. The van der Waals surface area contributed by atoms with E-state index in [9.17, 15) is 4.57 Å².